The Hall–Kier alpha value is -5.66. The normalized spacial score (nSPS) is 37.3. The first kappa shape index (κ1) is 49.5. The van der Waals surface area contributed by atoms with E-state index in [0.29, 0.717) is 53.9 Å². The second-order valence-corrected chi connectivity index (χ2v) is 22.5. The molecule has 6 fully saturated rings. The summed E-state index contributed by atoms with van der Waals surface area (Å²) in [7, 11) is 0. The molecule has 2 unspecified atom stereocenters. The average Bonchev–Trinajstić information content (AvgIpc) is 3.88. The number of esters is 4. The van der Waals surface area contributed by atoms with Gasteiger partial charge in [0.1, 0.15) is 12.7 Å². The minimum atomic E-state index is -1.49. The fraction of sp³-hybridized carbons (Fsp3) is 0.508. The molecule has 3 saturated heterocycles. The second-order valence-electron chi connectivity index (χ2n) is 22.5. The standard InChI is InChI=1S/C61H68O12/c1-37-27-32-61(67-35-37)38(2)50-48(73-61)34-47-45-26-25-43-33-44(28-30-59(43,3)46(45)29-31-60(47,50)4)68-58-53(72-57(65)42-23-15-8-16-24-42)52(71-56(64)41-21-13-7-14-22-41)51(70-55(63)40-19-11-6-12-20-40)49(69-58)36-66-54(62)39-17-9-5-10-18-39/h5-25,37-38,44-53,58H,26-36H2,1-4H3/t37-,38+,44+,45-,46+,47+,48?,49-,50?,51-,52+,53-,58-,59+,60+,61-/m1/s1. The summed E-state index contributed by atoms with van der Waals surface area (Å²) < 4.78 is 52.4. The van der Waals surface area contributed by atoms with Crippen LogP contribution in [-0.4, -0.2) is 85.8 Å². The molecule has 16 atom stereocenters. The highest BCUT2D eigenvalue weighted by atomic mass is 16.7. The highest BCUT2D eigenvalue weighted by molar-refractivity contribution is 5.91. The lowest BCUT2D eigenvalue weighted by Crippen LogP contribution is -2.63. The molecule has 4 aliphatic carbocycles. The summed E-state index contributed by atoms with van der Waals surface area (Å²) in [4.78, 5) is 56.1. The molecule has 384 valence electrons. The van der Waals surface area contributed by atoms with Crippen molar-refractivity contribution in [2.24, 2.45) is 46.3 Å². The van der Waals surface area contributed by atoms with Crippen molar-refractivity contribution in [3.63, 3.8) is 0 Å². The van der Waals surface area contributed by atoms with E-state index in [9.17, 15) is 19.2 Å². The summed E-state index contributed by atoms with van der Waals surface area (Å²) in [5.41, 5.74) is 2.50. The smallest absolute Gasteiger partial charge is 0.338 e. The molecule has 1 spiro atoms. The maximum atomic E-state index is 14.2. The number of hydrogen-bond acceptors (Lipinski definition) is 12. The Morgan fingerprint density at radius 3 is 1.77 bits per heavy atom. The van der Waals surface area contributed by atoms with Gasteiger partial charge in [-0.1, -0.05) is 112 Å². The van der Waals surface area contributed by atoms with E-state index in [-0.39, 0.29) is 39.7 Å². The van der Waals surface area contributed by atoms with Gasteiger partial charge in [-0.05, 0) is 140 Å². The third-order valence-corrected chi connectivity index (χ3v) is 18.4. The third-order valence-electron chi connectivity index (χ3n) is 18.4. The first-order valence-corrected chi connectivity index (χ1v) is 26.7. The average molecular weight is 993 g/mol. The first-order chi connectivity index (χ1) is 35.3. The topological polar surface area (TPSA) is 142 Å². The molecule has 3 heterocycles. The Balaban J connectivity index is 0.890. The van der Waals surface area contributed by atoms with Gasteiger partial charge in [-0.25, -0.2) is 19.2 Å². The number of allylic oxidation sites excluding steroid dienone is 1. The van der Waals surface area contributed by atoms with Crippen LogP contribution in [0.3, 0.4) is 0 Å². The zero-order chi connectivity index (χ0) is 50.5. The highest BCUT2D eigenvalue weighted by Crippen LogP contribution is 2.70. The van der Waals surface area contributed by atoms with Crippen LogP contribution in [0.5, 0.6) is 0 Å². The summed E-state index contributed by atoms with van der Waals surface area (Å²) in [5, 5.41) is 0. The first-order valence-electron chi connectivity index (χ1n) is 26.7. The summed E-state index contributed by atoms with van der Waals surface area (Å²) in [6.45, 7) is 10.0. The van der Waals surface area contributed by atoms with E-state index in [4.69, 9.17) is 37.9 Å². The fourth-order valence-electron chi connectivity index (χ4n) is 14.6. The van der Waals surface area contributed by atoms with Crippen molar-refractivity contribution in [1.29, 1.82) is 0 Å². The van der Waals surface area contributed by atoms with Crippen LogP contribution in [0.1, 0.15) is 127 Å². The number of carbonyl (C=O) groups excluding carboxylic acids is 4. The van der Waals surface area contributed by atoms with Gasteiger partial charge in [-0.2, -0.15) is 0 Å². The number of fused-ring (bicyclic) bond motifs is 7. The molecule has 0 N–H and O–H groups in total. The van der Waals surface area contributed by atoms with Crippen molar-refractivity contribution < 1.29 is 57.1 Å². The number of rotatable bonds is 11. The molecule has 0 radical (unpaired) electrons. The SMILES string of the molecule is C[C@@H]1CC[C@@]2(OC1)OC1C[C@H]3[C@@H]4CC=C5C[C@@H](O[C@@H]6O[C@H](COC(=O)c7ccccc7)[C@@H](OC(=O)c7ccccc7)[C@H](OC(=O)c7ccccc7)[C@H]6OC(=O)c6ccccc6)CC[C@]5(C)[C@H]4CC[C@]3(C)C1[C@@H]2C. The number of carbonyl (C=O) groups is 4. The van der Waals surface area contributed by atoms with E-state index in [2.05, 4.69) is 33.8 Å². The largest absolute Gasteiger partial charge is 0.459 e. The summed E-state index contributed by atoms with van der Waals surface area (Å²) >= 11 is 0. The summed E-state index contributed by atoms with van der Waals surface area (Å²) in [6, 6.07) is 33.8. The Labute approximate surface area is 428 Å². The monoisotopic (exact) mass is 992 g/mol. The van der Waals surface area contributed by atoms with Crippen molar-refractivity contribution in [2.75, 3.05) is 13.2 Å². The van der Waals surface area contributed by atoms with Gasteiger partial charge in [-0.15, -0.1) is 0 Å². The van der Waals surface area contributed by atoms with Gasteiger partial charge in [0, 0.05) is 12.3 Å². The van der Waals surface area contributed by atoms with E-state index in [1.807, 2.05) is 0 Å². The molecule has 4 aromatic rings. The molecular weight excluding hydrogens is 925 g/mol. The van der Waals surface area contributed by atoms with Gasteiger partial charge < -0.3 is 37.9 Å². The predicted octanol–water partition coefficient (Wildman–Crippen LogP) is 11.0. The number of ether oxygens (including phenoxy) is 8. The molecule has 0 amide bonds. The van der Waals surface area contributed by atoms with Gasteiger partial charge in [0.2, 0.25) is 0 Å². The Morgan fingerprint density at radius 2 is 1.19 bits per heavy atom. The molecule has 3 saturated carbocycles. The molecule has 0 aromatic heterocycles. The van der Waals surface area contributed by atoms with Gasteiger partial charge in [-0.3, -0.25) is 0 Å². The van der Waals surface area contributed by atoms with Crippen LogP contribution in [0.2, 0.25) is 0 Å². The molecule has 0 bridgehead atoms. The van der Waals surface area contributed by atoms with E-state index in [0.717, 1.165) is 45.1 Å². The van der Waals surface area contributed by atoms with Crippen LogP contribution in [0, 0.1) is 46.3 Å². The zero-order valence-electron chi connectivity index (χ0n) is 42.3. The maximum absolute atomic E-state index is 14.2. The lowest BCUT2D eigenvalue weighted by molar-refractivity contribution is -0.310. The quantitative estimate of drug-likeness (QED) is 0.0802. The van der Waals surface area contributed by atoms with Gasteiger partial charge in [0.05, 0.1) is 41.1 Å². The van der Waals surface area contributed by atoms with E-state index >= 15 is 0 Å². The lowest BCUT2D eigenvalue weighted by Gasteiger charge is -2.58. The van der Waals surface area contributed by atoms with Gasteiger partial charge >= 0.3 is 23.9 Å². The van der Waals surface area contributed by atoms with Crippen LogP contribution < -0.4 is 0 Å². The lowest BCUT2D eigenvalue weighted by atomic mass is 9.47. The van der Waals surface area contributed by atoms with E-state index < -0.39 is 67.0 Å². The Bertz CT molecular complexity index is 2650. The fourth-order valence-corrected chi connectivity index (χ4v) is 14.6. The van der Waals surface area contributed by atoms with Crippen molar-refractivity contribution in [3.05, 3.63) is 155 Å². The minimum Gasteiger partial charge on any atom is -0.459 e. The third kappa shape index (κ3) is 9.35. The molecular formula is C61H68O12. The van der Waals surface area contributed by atoms with Crippen LogP contribution in [0.15, 0.2) is 133 Å². The molecule has 12 heteroatoms. The molecule has 4 aromatic carbocycles. The summed E-state index contributed by atoms with van der Waals surface area (Å²) in [5.74, 6) is -0.276. The minimum absolute atomic E-state index is 0.0383. The number of benzene rings is 4. The van der Waals surface area contributed by atoms with Gasteiger partial charge in [0.25, 0.3) is 0 Å². The van der Waals surface area contributed by atoms with Crippen LogP contribution >= 0.6 is 0 Å². The van der Waals surface area contributed by atoms with Gasteiger partial charge in [0.15, 0.2) is 30.4 Å². The summed E-state index contributed by atoms with van der Waals surface area (Å²) in [6.07, 6.45) is 4.06. The molecule has 73 heavy (non-hydrogen) atoms. The molecule has 11 rings (SSSR count). The molecule has 7 aliphatic rings. The van der Waals surface area contributed by atoms with E-state index in [1.165, 1.54) is 12.0 Å². The van der Waals surface area contributed by atoms with Crippen molar-refractivity contribution >= 4 is 23.9 Å². The predicted molar refractivity (Wildman–Crippen MR) is 269 cm³/mol. The van der Waals surface area contributed by atoms with Crippen molar-refractivity contribution in [3.8, 4) is 0 Å². The highest BCUT2D eigenvalue weighted by Gasteiger charge is 2.69. The second kappa shape index (κ2) is 20.2. The van der Waals surface area contributed by atoms with Crippen LogP contribution in [0.4, 0.5) is 0 Å². The van der Waals surface area contributed by atoms with Crippen LogP contribution in [0.25, 0.3) is 0 Å². The molecule has 3 aliphatic heterocycles. The number of hydrogen-bond donors (Lipinski definition) is 0. The Morgan fingerprint density at radius 1 is 0.630 bits per heavy atom. The maximum Gasteiger partial charge on any atom is 0.338 e. The molecule has 12 nitrogen and oxygen atoms in total. The van der Waals surface area contributed by atoms with Crippen molar-refractivity contribution in [1.82, 2.24) is 0 Å². The zero-order valence-corrected chi connectivity index (χ0v) is 42.3. The van der Waals surface area contributed by atoms with E-state index in [1.54, 1.807) is 121 Å². The van der Waals surface area contributed by atoms with Crippen LogP contribution in [-0.2, 0) is 37.9 Å². The van der Waals surface area contributed by atoms with Crippen molar-refractivity contribution in [2.45, 2.75) is 134 Å². The Kier molecular flexibility index (Phi) is 13.7.